The number of benzene rings is 2. The van der Waals surface area contributed by atoms with Gasteiger partial charge in [0.1, 0.15) is 17.8 Å². The number of hydrogen-bond acceptors (Lipinski definition) is 5. The molecule has 2 aromatic carbocycles. The van der Waals surface area contributed by atoms with Crippen molar-refractivity contribution in [2.24, 2.45) is 4.99 Å². The molecule has 1 fully saturated rings. The first kappa shape index (κ1) is 19.5. The third-order valence-corrected chi connectivity index (χ3v) is 5.32. The van der Waals surface area contributed by atoms with Crippen LogP contribution in [0.2, 0.25) is 5.02 Å². The Balaban J connectivity index is 1.42. The summed E-state index contributed by atoms with van der Waals surface area (Å²) in [6, 6.07) is 17.7. The Morgan fingerprint density at radius 2 is 1.94 bits per heavy atom. The number of aromatic nitrogens is 3. The van der Waals surface area contributed by atoms with E-state index in [0.29, 0.717) is 5.02 Å². The normalized spacial score (nSPS) is 14.4. The molecular weight excluding hydrogens is 412 g/mol. The van der Waals surface area contributed by atoms with Gasteiger partial charge >= 0.3 is 0 Å². The molecule has 156 valence electrons. The number of nitrogens with one attached hydrogen (secondary N) is 2. The van der Waals surface area contributed by atoms with E-state index in [0.717, 1.165) is 65.8 Å². The number of H-pyrrole nitrogens is 1. The zero-order chi connectivity index (χ0) is 21.0. The van der Waals surface area contributed by atoms with E-state index in [1.165, 1.54) is 0 Å². The van der Waals surface area contributed by atoms with Crippen molar-refractivity contribution in [2.75, 3.05) is 31.6 Å². The van der Waals surface area contributed by atoms with Gasteiger partial charge in [-0.3, -0.25) is 0 Å². The van der Waals surface area contributed by atoms with Gasteiger partial charge in [-0.05, 0) is 36.4 Å². The summed E-state index contributed by atoms with van der Waals surface area (Å²) in [4.78, 5) is 19.0. The maximum absolute atomic E-state index is 6.10. The van der Waals surface area contributed by atoms with Gasteiger partial charge in [-0.1, -0.05) is 29.8 Å². The molecule has 1 aliphatic heterocycles. The van der Waals surface area contributed by atoms with Crippen LogP contribution in [0.4, 0.5) is 17.2 Å². The van der Waals surface area contributed by atoms with Gasteiger partial charge in [-0.15, -0.1) is 0 Å². The third kappa shape index (κ3) is 4.52. The monoisotopic (exact) mass is 432 g/mol. The van der Waals surface area contributed by atoms with Gasteiger partial charge in [-0.2, -0.15) is 0 Å². The third-order valence-electron chi connectivity index (χ3n) is 5.09. The van der Waals surface area contributed by atoms with E-state index in [1.54, 1.807) is 6.33 Å². The minimum Gasteiger partial charge on any atom is -0.378 e. The summed E-state index contributed by atoms with van der Waals surface area (Å²) in [5.41, 5.74) is 4.51. The minimum atomic E-state index is 0.666. The van der Waals surface area contributed by atoms with Gasteiger partial charge in [0.15, 0.2) is 0 Å². The Kier molecular flexibility index (Phi) is 5.52. The topological polar surface area (TPSA) is 78.4 Å². The van der Waals surface area contributed by atoms with Crippen LogP contribution in [-0.2, 0) is 4.74 Å². The summed E-state index contributed by atoms with van der Waals surface area (Å²) in [7, 11) is 0. The van der Waals surface area contributed by atoms with Gasteiger partial charge in [0, 0.05) is 35.1 Å². The fourth-order valence-electron chi connectivity index (χ4n) is 3.49. The van der Waals surface area contributed by atoms with Gasteiger partial charge in [0.25, 0.3) is 0 Å². The maximum atomic E-state index is 6.10. The van der Waals surface area contributed by atoms with E-state index in [9.17, 15) is 0 Å². The lowest BCUT2D eigenvalue weighted by Crippen LogP contribution is -2.34. The van der Waals surface area contributed by atoms with Gasteiger partial charge in [0.05, 0.1) is 30.6 Å². The highest BCUT2D eigenvalue weighted by atomic mass is 35.5. The molecule has 1 saturated heterocycles. The number of aromatic amines is 1. The molecule has 7 nitrogen and oxygen atoms in total. The summed E-state index contributed by atoms with van der Waals surface area (Å²) in [6.07, 6.45) is 3.43. The highest BCUT2D eigenvalue weighted by molar-refractivity contribution is 6.30. The average Bonchev–Trinajstić information content (AvgIpc) is 3.24. The number of ether oxygens (including phenoxy) is 1. The second-order valence-electron chi connectivity index (χ2n) is 7.25. The Hall–Kier alpha value is -3.42. The predicted molar refractivity (Wildman–Crippen MR) is 125 cm³/mol. The van der Waals surface area contributed by atoms with Gasteiger partial charge < -0.3 is 19.9 Å². The first-order valence-electron chi connectivity index (χ1n) is 10.1. The summed E-state index contributed by atoms with van der Waals surface area (Å²) in [5, 5.41) is 4.89. The molecule has 2 aromatic heterocycles. The van der Waals surface area contributed by atoms with Crippen LogP contribution in [-0.4, -0.2) is 52.5 Å². The molecule has 0 bridgehead atoms. The number of halogens is 1. The van der Waals surface area contributed by atoms with E-state index in [-0.39, 0.29) is 0 Å². The Morgan fingerprint density at radius 3 is 2.81 bits per heavy atom. The van der Waals surface area contributed by atoms with Crippen LogP contribution in [0.25, 0.3) is 22.3 Å². The number of anilines is 2. The number of rotatable bonds is 5. The first-order valence-corrected chi connectivity index (χ1v) is 10.5. The van der Waals surface area contributed by atoms with Crippen molar-refractivity contribution in [3.63, 3.8) is 0 Å². The smallest absolute Gasteiger partial charge is 0.143 e. The number of morpholine rings is 1. The lowest BCUT2D eigenvalue weighted by atomic mass is 10.1. The van der Waals surface area contributed by atoms with E-state index >= 15 is 0 Å². The fraction of sp³-hybridized carbons (Fsp3) is 0.174. The van der Waals surface area contributed by atoms with Crippen molar-refractivity contribution in [3.8, 4) is 11.3 Å². The van der Waals surface area contributed by atoms with E-state index < -0.39 is 0 Å². The molecule has 0 unspecified atom stereocenters. The number of aliphatic imine (C=N–C) groups is 1. The van der Waals surface area contributed by atoms with Crippen molar-refractivity contribution in [2.45, 2.75) is 0 Å². The first-order chi connectivity index (χ1) is 15.2. The molecule has 0 radical (unpaired) electrons. The van der Waals surface area contributed by atoms with Crippen LogP contribution in [0.5, 0.6) is 0 Å². The van der Waals surface area contributed by atoms with Crippen molar-refractivity contribution in [1.29, 1.82) is 0 Å². The molecule has 0 atom stereocenters. The molecule has 0 aliphatic carbocycles. The molecule has 5 rings (SSSR count). The molecule has 0 amide bonds. The second-order valence-corrected chi connectivity index (χ2v) is 7.68. The lowest BCUT2D eigenvalue weighted by Gasteiger charge is -2.24. The summed E-state index contributed by atoms with van der Waals surface area (Å²) in [6.45, 7) is 3.22. The molecule has 0 spiro atoms. The van der Waals surface area contributed by atoms with Crippen LogP contribution in [0, 0.1) is 0 Å². The molecule has 2 N–H and O–H groups in total. The zero-order valence-corrected chi connectivity index (χ0v) is 17.5. The molecule has 3 heterocycles. The van der Waals surface area contributed by atoms with E-state index in [4.69, 9.17) is 16.3 Å². The number of nitrogens with zero attached hydrogens (tertiary/aromatic N) is 4. The Morgan fingerprint density at radius 1 is 1.06 bits per heavy atom. The molecule has 1 aliphatic rings. The van der Waals surface area contributed by atoms with Gasteiger partial charge in [-0.25, -0.2) is 15.0 Å². The van der Waals surface area contributed by atoms with Crippen LogP contribution < -0.4 is 5.32 Å². The standard InChI is InChI=1S/C23H21ClN6O/c24-17-4-2-6-19(12-17)28-22-20-13-21(29-23(20)26-14-25-22)16-3-1-5-18(11-16)27-15-30-7-9-31-10-8-30/h1-6,11-15H,7-10H2,(H2,25,26,28,29). The van der Waals surface area contributed by atoms with E-state index in [2.05, 4.69) is 42.3 Å². The molecule has 31 heavy (non-hydrogen) atoms. The lowest BCUT2D eigenvalue weighted by molar-refractivity contribution is 0.0701. The largest absolute Gasteiger partial charge is 0.378 e. The quantitative estimate of drug-likeness (QED) is 0.342. The highest BCUT2D eigenvalue weighted by Crippen LogP contribution is 2.30. The Bertz CT molecular complexity index is 1230. The fourth-order valence-corrected chi connectivity index (χ4v) is 3.68. The van der Waals surface area contributed by atoms with Crippen molar-refractivity contribution in [1.82, 2.24) is 19.9 Å². The predicted octanol–water partition coefficient (Wildman–Crippen LogP) is 5.01. The molecule has 0 saturated carbocycles. The maximum Gasteiger partial charge on any atom is 0.143 e. The van der Waals surface area contributed by atoms with Crippen LogP contribution >= 0.6 is 11.6 Å². The zero-order valence-electron chi connectivity index (χ0n) is 16.8. The van der Waals surface area contributed by atoms with Crippen molar-refractivity contribution < 1.29 is 4.74 Å². The molecule has 8 heteroatoms. The number of hydrogen-bond donors (Lipinski definition) is 2. The van der Waals surface area contributed by atoms with Crippen LogP contribution in [0.15, 0.2) is 65.9 Å². The summed E-state index contributed by atoms with van der Waals surface area (Å²) < 4.78 is 5.38. The highest BCUT2D eigenvalue weighted by Gasteiger charge is 2.11. The number of fused-ring (bicyclic) bond motifs is 1. The summed E-state index contributed by atoms with van der Waals surface area (Å²) in [5.74, 6) is 0.719. The summed E-state index contributed by atoms with van der Waals surface area (Å²) >= 11 is 6.10. The van der Waals surface area contributed by atoms with Crippen LogP contribution in [0.1, 0.15) is 0 Å². The minimum absolute atomic E-state index is 0.666. The molecule has 4 aromatic rings. The van der Waals surface area contributed by atoms with Gasteiger partial charge in [0.2, 0.25) is 0 Å². The van der Waals surface area contributed by atoms with Crippen molar-refractivity contribution >= 4 is 46.2 Å². The van der Waals surface area contributed by atoms with Crippen LogP contribution in [0.3, 0.4) is 0 Å². The Labute approximate surface area is 184 Å². The average molecular weight is 433 g/mol. The van der Waals surface area contributed by atoms with E-state index in [1.807, 2.05) is 48.8 Å². The second kappa shape index (κ2) is 8.75. The SMILES string of the molecule is Clc1cccc(Nc2ncnc3[nH]c(-c4cccc(N=CN5CCOCC5)c4)cc23)c1. The van der Waals surface area contributed by atoms with Crippen molar-refractivity contribution in [3.05, 3.63) is 65.9 Å². The molecular formula is C23H21ClN6O.